The Labute approximate surface area is 171 Å². The Bertz CT molecular complexity index is 1060. The third-order valence-electron chi connectivity index (χ3n) is 4.39. The van der Waals surface area contributed by atoms with Crippen LogP contribution in [0.1, 0.15) is 28.1 Å². The molecule has 0 spiro atoms. The van der Waals surface area contributed by atoms with Crippen LogP contribution in [0.5, 0.6) is 0 Å². The Morgan fingerprint density at radius 3 is 2.59 bits per heavy atom. The highest BCUT2D eigenvalue weighted by molar-refractivity contribution is 7.99. The summed E-state index contributed by atoms with van der Waals surface area (Å²) >= 11 is 1.11. The molecule has 0 aliphatic heterocycles. The van der Waals surface area contributed by atoms with E-state index < -0.39 is 4.92 Å². The Morgan fingerprint density at radius 2 is 1.86 bits per heavy atom. The SMILES string of the molecule is Cc1ccc(Cc2nnc(SCC(=O)Nc3ccc(C)c([N+](=O)[O-])c3)o2)cc1C. The number of carbonyl (C=O) groups excluding carboxylic acids is 1. The fourth-order valence-corrected chi connectivity index (χ4v) is 3.24. The molecule has 0 aliphatic carbocycles. The van der Waals surface area contributed by atoms with Crippen molar-refractivity contribution in [3.05, 3.63) is 74.7 Å². The minimum atomic E-state index is -0.477. The quantitative estimate of drug-likeness (QED) is 0.351. The summed E-state index contributed by atoms with van der Waals surface area (Å²) in [5.74, 6) is 0.208. The maximum atomic E-state index is 12.1. The molecule has 150 valence electrons. The van der Waals surface area contributed by atoms with E-state index >= 15 is 0 Å². The van der Waals surface area contributed by atoms with Gasteiger partial charge in [-0.15, -0.1) is 10.2 Å². The standard InChI is InChI=1S/C20H20N4O4S/c1-12-4-6-15(8-14(12)3)9-19-22-23-20(28-19)29-11-18(25)21-16-7-5-13(2)17(10-16)24(26)27/h4-8,10H,9,11H2,1-3H3,(H,21,25). The van der Waals surface area contributed by atoms with Crippen molar-refractivity contribution in [2.45, 2.75) is 32.4 Å². The Kier molecular flexibility index (Phi) is 6.28. The van der Waals surface area contributed by atoms with E-state index in [4.69, 9.17) is 4.42 Å². The molecule has 1 N–H and O–H groups in total. The lowest BCUT2D eigenvalue weighted by Gasteiger charge is -2.05. The number of aryl methyl sites for hydroxylation is 3. The summed E-state index contributed by atoms with van der Waals surface area (Å²) in [4.78, 5) is 22.7. The lowest BCUT2D eigenvalue weighted by Crippen LogP contribution is -2.14. The van der Waals surface area contributed by atoms with Crippen LogP contribution in [-0.2, 0) is 11.2 Å². The van der Waals surface area contributed by atoms with Crippen molar-refractivity contribution < 1.29 is 14.1 Å². The number of nitro benzene ring substituents is 1. The lowest BCUT2D eigenvalue weighted by atomic mass is 10.0. The number of hydrogen-bond acceptors (Lipinski definition) is 7. The molecule has 0 fully saturated rings. The van der Waals surface area contributed by atoms with Crippen LogP contribution in [0.2, 0.25) is 0 Å². The van der Waals surface area contributed by atoms with E-state index in [2.05, 4.69) is 41.5 Å². The van der Waals surface area contributed by atoms with E-state index in [0.29, 0.717) is 28.8 Å². The summed E-state index contributed by atoms with van der Waals surface area (Å²) in [6.07, 6.45) is 0.522. The monoisotopic (exact) mass is 412 g/mol. The topological polar surface area (TPSA) is 111 Å². The Morgan fingerprint density at radius 1 is 1.10 bits per heavy atom. The molecule has 1 amide bonds. The first-order valence-corrected chi connectivity index (χ1v) is 9.86. The van der Waals surface area contributed by atoms with Crippen molar-refractivity contribution in [2.75, 3.05) is 11.1 Å². The highest BCUT2D eigenvalue weighted by Crippen LogP contribution is 2.23. The van der Waals surface area contributed by atoms with Crippen LogP contribution >= 0.6 is 11.8 Å². The Hall–Kier alpha value is -3.20. The fourth-order valence-electron chi connectivity index (χ4n) is 2.66. The zero-order chi connectivity index (χ0) is 21.0. The number of anilines is 1. The average molecular weight is 412 g/mol. The maximum absolute atomic E-state index is 12.1. The van der Waals surface area contributed by atoms with Gasteiger partial charge in [-0.1, -0.05) is 36.0 Å². The summed E-state index contributed by atoms with van der Waals surface area (Å²) in [5.41, 5.74) is 4.36. The van der Waals surface area contributed by atoms with E-state index in [0.717, 1.165) is 17.3 Å². The molecular formula is C20H20N4O4S. The first-order chi connectivity index (χ1) is 13.8. The predicted molar refractivity (Wildman–Crippen MR) is 110 cm³/mol. The molecule has 0 bridgehead atoms. The van der Waals surface area contributed by atoms with Gasteiger partial charge in [-0.25, -0.2) is 0 Å². The first kappa shape index (κ1) is 20.5. The van der Waals surface area contributed by atoms with Crippen molar-refractivity contribution in [1.82, 2.24) is 10.2 Å². The molecule has 3 rings (SSSR count). The molecule has 0 saturated carbocycles. The van der Waals surface area contributed by atoms with E-state index in [9.17, 15) is 14.9 Å². The second-order valence-corrected chi connectivity index (χ2v) is 7.58. The van der Waals surface area contributed by atoms with Crippen LogP contribution in [0.4, 0.5) is 11.4 Å². The largest absolute Gasteiger partial charge is 0.416 e. The zero-order valence-corrected chi connectivity index (χ0v) is 17.1. The summed E-state index contributed by atoms with van der Waals surface area (Å²) in [6.45, 7) is 5.75. The molecule has 9 heteroatoms. The molecule has 0 aliphatic rings. The van der Waals surface area contributed by atoms with Crippen molar-refractivity contribution in [3.63, 3.8) is 0 Å². The molecule has 29 heavy (non-hydrogen) atoms. The van der Waals surface area contributed by atoms with Crippen LogP contribution in [0, 0.1) is 30.9 Å². The van der Waals surface area contributed by atoms with Crippen molar-refractivity contribution in [1.29, 1.82) is 0 Å². The number of rotatable bonds is 7. The number of nitrogens with one attached hydrogen (secondary N) is 1. The number of aromatic nitrogens is 2. The van der Waals surface area contributed by atoms with Gasteiger partial charge >= 0.3 is 0 Å². The number of carbonyl (C=O) groups is 1. The van der Waals surface area contributed by atoms with Gasteiger partial charge in [0.1, 0.15) is 0 Å². The van der Waals surface area contributed by atoms with Gasteiger partial charge in [0.2, 0.25) is 11.8 Å². The molecular weight excluding hydrogens is 392 g/mol. The fraction of sp³-hybridized carbons (Fsp3) is 0.250. The van der Waals surface area contributed by atoms with Crippen LogP contribution in [0.25, 0.3) is 0 Å². The third-order valence-corrected chi connectivity index (χ3v) is 5.21. The molecule has 0 atom stereocenters. The van der Waals surface area contributed by atoms with Gasteiger partial charge in [-0.05, 0) is 43.5 Å². The average Bonchev–Trinajstić information content (AvgIpc) is 3.12. The molecule has 0 unspecified atom stereocenters. The number of amides is 1. The van der Waals surface area contributed by atoms with Crippen molar-refractivity contribution in [3.8, 4) is 0 Å². The number of nitro groups is 1. The number of nitrogens with zero attached hydrogens (tertiary/aromatic N) is 3. The van der Waals surface area contributed by atoms with Crippen LogP contribution < -0.4 is 5.32 Å². The van der Waals surface area contributed by atoms with Crippen LogP contribution in [0.3, 0.4) is 0 Å². The van der Waals surface area contributed by atoms with Gasteiger partial charge in [0.05, 0.1) is 17.1 Å². The summed E-state index contributed by atoms with van der Waals surface area (Å²) in [5, 5.41) is 21.9. The van der Waals surface area contributed by atoms with Gasteiger partial charge in [0, 0.05) is 17.3 Å². The molecule has 1 aromatic heterocycles. The summed E-state index contributed by atoms with van der Waals surface area (Å²) < 4.78 is 5.60. The van der Waals surface area contributed by atoms with Gasteiger partial charge in [-0.2, -0.15) is 0 Å². The van der Waals surface area contributed by atoms with E-state index in [1.165, 1.54) is 17.2 Å². The second kappa shape index (κ2) is 8.87. The van der Waals surface area contributed by atoms with Crippen LogP contribution in [-0.4, -0.2) is 26.8 Å². The van der Waals surface area contributed by atoms with Crippen LogP contribution in [0.15, 0.2) is 46.0 Å². The van der Waals surface area contributed by atoms with E-state index in [1.807, 2.05) is 6.07 Å². The zero-order valence-electron chi connectivity index (χ0n) is 16.3. The normalized spacial score (nSPS) is 10.7. The summed E-state index contributed by atoms with van der Waals surface area (Å²) in [6, 6.07) is 10.7. The third kappa shape index (κ3) is 5.41. The van der Waals surface area contributed by atoms with E-state index in [-0.39, 0.29) is 17.3 Å². The van der Waals surface area contributed by atoms with Gasteiger partial charge in [0.25, 0.3) is 10.9 Å². The number of hydrogen-bond donors (Lipinski definition) is 1. The molecule has 0 saturated heterocycles. The maximum Gasteiger partial charge on any atom is 0.277 e. The minimum absolute atomic E-state index is 0.0386. The van der Waals surface area contributed by atoms with E-state index in [1.54, 1.807) is 19.1 Å². The minimum Gasteiger partial charge on any atom is -0.416 e. The highest BCUT2D eigenvalue weighted by atomic mass is 32.2. The number of thioether (sulfide) groups is 1. The highest BCUT2D eigenvalue weighted by Gasteiger charge is 2.14. The van der Waals surface area contributed by atoms with Gasteiger partial charge < -0.3 is 9.73 Å². The molecule has 0 radical (unpaired) electrons. The molecule has 2 aromatic carbocycles. The lowest BCUT2D eigenvalue weighted by molar-refractivity contribution is -0.385. The first-order valence-electron chi connectivity index (χ1n) is 8.88. The van der Waals surface area contributed by atoms with Crippen molar-refractivity contribution >= 4 is 29.0 Å². The summed E-state index contributed by atoms with van der Waals surface area (Å²) in [7, 11) is 0. The van der Waals surface area contributed by atoms with Gasteiger partial charge in [0.15, 0.2) is 0 Å². The molecule has 1 heterocycles. The second-order valence-electron chi connectivity index (χ2n) is 6.65. The molecule has 8 nitrogen and oxygen atoms in total. The number of benzene rings is 2. The Balaban J connectivity index is 1.55. The van der Waals surface area contributed by atoms with Gasteiger partial charge in [-0.3, -0.25) is 14.9 Å². The molecule has 3 aromatic rings. The van der Waals surface area contributed by atoms with Crippen molar-refractivity contribution in [2.24, 2.45) is 0 Å². The smallest absolute Gasteiger partial charge is 0.277 e. The predicted octanol–water partition coefficient (Wildman–Crippen LogP) is 4.22.